The summed E-state index contributed by atoms with van der Waals surface area (Å²) in [6, 6.07) is 7.90. The van der Waals surface area contributed by atoms with E-state index < -0.39 is 0 Å². The topological polar surface area (TPSA) is 75.6 Å². The first-order chi connectivity index (χ1) is 14.2. The van der Waals surface area contributed by atoms with E-state index in [0.717, 1.165) is 43.3 Å². The van der Waals surface area contributed by atoms with Crippen molar-refractivity contribution in [3.63, 3.8) is 0 Å². The van der Waals surface area contributed by atoms with E-state index in [2.05, 4.69) is 17.1 Å². The van der Waals surface area contributed by atoms with Gasteiger partial charge in [-0.1, -0.05) is 12.1 Å². The lowest BCUT2D eigenvalue weighted by Gasteiger charge is -2.35. The first kappa shape index (κ1) is 22.8. The van der Waals surface area contributed by atoms with Gasteiger partial charge in [0.1, 0.15) is 5.75 Å². The molecule has 0 spiro atoms. The average molecular weight is 407 g/mol. The van der Waals surface area contributed by atoms with Crippen LogP contribution in [-0.4, -0.2) is 81.4 Å². The molecule has 0 aromatic heterocycles. The first-order valence-electron chi connectivity index (χ1n) is 10.3. The van der Waals surface area contributed by atoms with Crippen LogP contribution in [0.4, 0.5) is 4.79 Å². The van der Waals surface area contributed by atoms with E-state index >= 15 is 0 Å². The maximum absolute atomic E-state index is 11.8. The Morgan fingerprint density at radius 2 is 1.79 bits per heavy atom. The monoisotopic (exact) mass is 406 g/mol. The third-order valence-electron chi connectivity index (χ3n) is 4.58. The Hall–Kier alpha value is -2.48. The highest BCUT2D eigenvalue weighted by Gasteiger charge is 2.23. The van der Waals surface area contributed by atoms with Crippen LogP contribution >= 0.6 is 0 Å². The Kier molecular flexibility index (Phi) is 10.1. The Bertz CT molecular complexity index is 628. The van der Waals surface area contributed by atoms with Crippen LogP contribution in [0.5, 0.6) is 5.75 Å². The third kappa shape index (κ3) is 7.81. The zero-order valence-corrected chi connectivity index (χ0v) is 17.9. The summed E-state index contributed by atoms with van der Waals surface area (Å²) >= 11 is 0. The number of piperazine rings is 1. The number of benzene rings is 1. The van der Waals surface area contributed by atoms with E-state index in [1.54, 1.807) is 12.0 Å². The summed E-state index contributed by atoms with van der Waals surface area (Å²) in [5, 5.41) is 3.34. The lowest BCUT2D eigenvalue weighted by Crippen LogP contribution is -2.53. The standard InChI is InChI=1S/C21H34N4O4/c1-4-22-20(24-12-14-25(15-13-24)21(26)29-5-2)23-11-6-16-28-17-18-7-9-19(27-3)10-8-18/h7-10H,4-6,11-17H2,1-3H3,(H,22,23). The van der Waals surface area contributed by atoms with Gasteiger partial charge in [0.2, 0.25) is 0 Å². The zero-order chi connectivity index (χ0) is 20.9. The molecule has 0 atom stereocenters. The number of guanidine groups is 1. The number of hydrogen-bond donors (Lipinski definition) is 1. The lowest BCUT2D eigenvalue weighted by molar-refractivity contribution is 0.0914. The molecule has 1 aliphatic heterocycles. The second-order valence-electron chi connectivity index (χ2n) is 6.66. The molecule has 8 nitrogen and oxygen atoms in total. The zero-order valence-electron chi connectivity index (χ0n) is 17.9. The molecule has 8 heteroatoms. The maximum Gasteiger partial charge on any atom is 0.409 e. The summed E-state index contributed by atoms with van der Waals surface area (Å²) in [5.41, 5.74) is 1.13. The number of aliphatic imine (C=N–C) groups is 1. The van der Waals surface area contributed by atoms with Gasteiger partial charge in [0.25, 0.3) is 0 Å². The minimum Gasteiger partial charge on any atom is -0.497 e. The average Bonchev–Trinajstić information content (AvgIpc) is 2.76. The minimum absolute atomic E-state index is 0.233. The molecule has 1 amide bonds. The van der Waals surface area contributed by atoms with Crippen molar-refractivity contribution in [1.82, 2.24) is 15.1 Å². The van der Waals surface area contributed by atoms with Crippen molar-refractivity contribution < 1.29 is 19.0 Å². The van der Waals surface area contributed by atoms with Crippen LogP contribution in [0.1, 0.15) is 25.8 Å². The summed E-state index contributed by atoms with van der Waals surface area (Å²) in [5.74, 6) is 1.74. The lowest BCUT2D eigenvalue weighted by atomic mass is 10.2. The van der Waals surface area contributed by atoms with E-state index in [4.69, 9.17) is 19.2 Å². The summed E-state index contributed by atoms with van der Waals surface area (Å²) in [6.07, 6.45) is 0.622. The van der Waals surface area contributed by atoms with Crippen LogP contribution in [0.2, 0.25) is 0 Å². The molecule has 162 valence electrons. The maximum atomic E-state index is 11.8. The Balaban J connectivity index is 1.69. The van der Waals surface area contributed by atoms with Gasteiger partial charge in [-0.25, -0.2) is 4.79 Å². The van der Waals surface area contributed by atoms with Crippen LogP contribution in [0, 0.1) is 0 Å². The Morgan fingerprint density at radius 3 is 2.41 bits per heavy atom. The van der Waals surface area contributed by atoms with E-state index in [1.165, 1.54) is 0 Å². The molecule has 1 aliphatic rings. The van der Waals surface area contributed by atoms with Crippen molar-refractivity contribution in [3.8, 4) is 5.75 Å². The van der Waals surface area contributed by atoms with E-state index in [0.29, 0.717) is 39.5 Å². The molecular formula is C21H34N4O4. The molecule has 1 fully saturated rings. The summed E-state index contributed by atoms with van der Waals surface area (Å²) in [7, 11) is 1.66. The smallest absolute Gasteiger partial charge is 0.409 e. The van der Waals surface area contributed by atoms with Crippen molar-refractivity contribution in [2.45, 2.75) is 26.9 Å². The molecule has 1 aromatic rings. The van der Waals surface area contributed by atoms with Crippen LogP contribution in [0.15, 0.2) is 29.3 Å². The first-order valence-corrected chi connectivity index (χ1v) is 10.3. The Labute approximate surface area is 173 Å². The van der Waals surface area contributed by atoms with E-state index in [9.17, 15) is 4.79 Å². The number of hydrogen-bond acceptors (Lipinski definition) is 5. The highest BCUT2D eigenvalue weighted by atomic mass is 16.6. The summed E-state index contributed by atoms with van der Waals surface area (Å²) < 4.78 is 16.0. The molecule has 0 radical (unpaired) electrons. The number of ether oxygens (including phenoxy) is 3. The van der Waals surface area contributed by atoms with Crippen molar-refractivity contribution >= 4 is 12.1 Å². The second kappa shape index (κ2) is 12.9. The van der Waals surface area contributed by atoms with E-state index in [-0.39, 0.29) is 6.09 Å². The molecule has 29 heavy (non-hydrogen) atoms. The summed E-state index contributed by atoms with van der Waals surface area (Å²) in [6.45, 7) is 9.83. The molecule has 0 bridgehead atoms. The fraction of sp³-hybridized carbons (Fsp3) is 0.619. The molecule has 1 N–H and O–H groups in total. The fourth-order valence-corrected chi connectivity index (χ4v) is 3.00. The number of rotatable bonds is 9. The highest BCUT2D eigenvalue weighted by molar-refractivity contribution is 5.80. The van der Waals surface area contributed by atoms with Crippen molar-refractivity contribution in [3.05, 3.63) is 29.8 Å². The van der Waals surface area contributed by atoms with Crippen LogP contribution in [0.25, 0.3) is 0 Å². The number of nitrogens with one attached hydrogen (secondary N) is 1. The predicted molar refractivity (Wildman–Crippen MR) is 113 cm³/mol. The third-order valence-corrected chi connectivity index (χ3v) is 4.58. The van der Waals surface area contributed by atoms with Gasteiger partial charge in [0.05, 0.1) is 20.3 Å². The van der Waals surface area contributed by atoms with Gasteiger partial charge in [0, 0.05) is 45.9 Å². The molecule has 1 heterocycles. The van der Waals surface area contributed by atoms with Crippen molar-refractivity contribution in [2.24, 2.45) is 4.99 Å². The van der Waals surface area contributed by atoms with Crippen molar-refractivity contribution in [1.29, 1.82) is 0 Å². The van der Waals surface area contributed by atoms with Gasteiger partial charge < -0.3 is 29.3 Å². The summed E-state index contributed by atoms with van der Waals surface area (Å²) in [4.78, 5) is 20.5. The van der Waals surface area contributed by atoms with Gasteiger partial charge in [0.15, 0.2) is 5.96 Å². The van der Waals surface area contributed by atoms with Gasteiger partial charge in [-0.2, -0.15) is 0 Å². The normalized spacial score (nSPS) is 14.7. The largest absolute Gasteiger partial charge is 0.497 e. The molecule has 0 unspecified atom stereocenters. The fourth-order valence-electron chi connectivity index (χ4n) is 3.00. The number of methoxy groups -OCH3 is 1. The number of nitrogens with zero attached hydrogens (tertiary/aromatic N) is 3. The second-order valence-corrected chi connectivity index (χ2v) is 6.66. The number of amides is 1. The molecular weight excluding hydrogens is 372 g/mol. The number of carbonyl (C=O) groups excluding carboxylic acids is 1. The van der Waals surface area contributed by atoms with Gasteiger partial charge >= 0.3 is 6.09 Å². The van der Waals surface area contributed by atoms with Crippen LogP contribution < -0.4 is 10.1 Å². The van der Waals surface area contributed by atoms with Gasteiger partial charge in [-0.05, 0) is 38.0 Å². The molecule has 1 aromatic carbocycles. The van der Waals surface area contributed by atoms with Crippen LogP contribution in [0.3, 0.4) is 0 Å². The minimum atomic E-state index is -0.233. The molecule has 2 rings (SSSR count). The van der Waals surface area contributed by atoms with Gasteiger partial charge in [-0.3, -0.25) is 4.99 Å². The molecule has 0 saturated carbocycles. The molecule has 0 aliphatic carbocycles. The Morgan fingerprint density at radius 1 is 1.10 bits per heavy atom. The molecule has 1 saturated heterocycles. The van der Waals surface area contributed by atoms with E-state index in [1.807, 2.05) is 31.2 Å². The predicted octanol–water partition coefficient (Wildman–Crippen LogP) is 2.34. The van der Waals surface area contributed by atoms with Gasteiger partial charge in [-0.15, -0.1) is 0 Å². The van der Waals surface area contributed by atoms with Crippen LogP contribution in [-0.2, 0) is 16.1 Å². The van der Waals surface area contributed by atoms with Crippen molar-refractivity contribution in [2.75, 3.05) is 59.6 Å². The highest BCUT2D eigenvalue weighted by Crippen LogP contribution is 2.12. The quantitative estimate of drug-likeness (QED) is 0.385. The SMILES string of the molecule is CCNC(=NCCCOCc1ccc(OC)cc1)N1CCN(C(=O)OCC)CC1. The number of carbonyl (C=O) groups is 1.